The van der Waals surface area contributed by atoms with Crippen molar-refractivity contribution in [2.24, 2.45) is 0 Å². The number of amides is 2. The summed E-state index contributed by atoms with van der Waals surface area (Å²) in [5.41, 5.74) is 1.88. The lowest BCUT2D eigenvalue weighted by Gasteiger charge is -2.28. The Morgan fingerprint density at radius 2 is 2.10 bits per heavy atom. The number of benzene rings is 1. The molecule has 2 amide bonds. The first-order chi connectivity index (χ1) is 18.7. The van der Waals surface area contributed by atoms with Gasteiger partial charge in [-0.25, -0.2) is 9.78 Å². The number of carbonyl (C=O) groups is 2. The lowest BCUT2D eigenvalue weighted by molar-refractivity contribution is -0.125. The van der Waals surface area contributed by atoms with Crippen LogP contribution in [0.5, 0.6) is 0 Å². The molecule has 206 valence electrons. The molecule has 0 saturated carbocycles. The van der Waals surface area contributed by atoms with E-state index in [1.807, 2.05) is 45.9 Å². The van der Waals surface area contributed by atoms with E-state index in [1.165, 1.54) is 4.90 Å². The van der Waals surface area contributed by atoms with Crippen LogP contribution in [0, 0.1) is 11.8 Å². The highest BCUT2D eigenvalue weighted by atomic mass is 16.6. The number of carbonyl (C=O) groups excluding carboxylic acids is 2. The van der Waals surface area contributed by atoms with E-state index in [4.69, 9.17) is 4.74 Å². The Kier molecular flexibility index (Phi) is 8.86. The molecule has 2 aromatic heterocycles. The first kappa shape index (κ1) is 27.7. The van der Waals surface area contributed by atoms with E-state index < -0.39 is 17.7 Å². The number of unbranched alkanes of at least 4 members (excludes halogenated alkanes) is 1. The topological polar surface area (TPSA) is 137 Å². The molecule has 11 nitrogen and oxygen atoms in total. The fourth-order valence-electron chi connectivity index (χ4n) is 4.22. The monoisotopic (exact) mass is 532 g/mol. The highest BCUT2D eigenvalue weighted by molar-refractivity contribution is 5.86. The molecule has 1 aliphatic rings. The van der Waals surface area contributed by atoms with Crippen molar-refractivity contribution in [3.05, 3.63) is 36.2 Å². The average molecular weight is 533 g/mol. The Hall–Kier alpha value is -4.33. The van der Waals surface area contributed by atoms with Gasteiger partial charge in [-0.05, 0) is 65.2 Å². The summed E-state index contributed by atoms with van der Waals surface area (Å²) < 4.78 is 5.44. The Morgan fingerprint density at radius 1 is 1.26 bits per heavy atom. The highest BCUT2D eigenvalue weighted by Gasteiger charge is 2.36. The third-order valence-corrected chi connectivity index (χ3v) is 6.02. The van der Waals surface area contributed by atoms with Gasteiger partial charge in [0.05, 0.1) is 23.5 Å². The van der Waals surface area contributed by atoms with Crippen LogP contribution in [0.3, 0.4) is 0 Å². The Labute approximate surface area is 228 Å². The fourth-order valence-corrected chi connectivity index (χ4v) is 4.22. The van der Waals surface area contributed by atoms with Crippen LogP contribution in [-0.2, 0) is 9.53 Å². The molecule has 1 aromatic carbocycles. The molecule has 1 fully saturated rings. The minimum atomic E-state index is -0.594. The molecule has 39 heavy (non-hydrogen) atoms. The zero-order chi connectivity index (χ0) is 27.8. The summed E-state index contributed by atoms with van der Waals surface area (Å²) in [5.74, 6) is 7.25. The molecule has 0 radical (unpaired) electrons. The predicted octanol–water partition coefficient (Wildman–Crippen LogP) is 4.18. The van der Waals surface area contributed by atoms with Crippen molar-refractivity contribution in [2.75, 3.05) is 30.3 Å². The summed E-state index contributed by atoms with van der Waals surface area (Å²) in [6, 6.07) is 5.38. The maximum atomic E-state index is 12.7. The van der Waals surface area contributed by atoms with Gasteiger partial charge in [-0.3, -0.25) is 14.8 Å². The van der Waals surface area contributed by atoms with Crippen LogP contribution in [0.2, 0.25) is 0 Å². The van der Waals surface area contributed by atoms with E-state index in [0.29, 0.717) is 56.2 Å². The van der Waals surface area contributed by atoms with Crippen molar-refractivity contribution in [1.29, 1.82) is 0 Å². The van der Waals surface area contributed by atoms with Gasteiger partial charge in [0.15, 0.2) is 0 Å². The van der Waals surface area contributed by atoms with E-state index in [2.05, 4.69) is 48.0 Å². The number of hydrogen-bond donors (Lipinski definition) is 4. The van der Waals surface area contributed by atoms with Crippen molar-refractivity contribution in [3.8, 4) is 11.8 Å². The Morgan fingerprint density at radius 3 is 2.90 bits per heavy atom. The van der Waals surface area contributed by atoms with Gasteiger partial charge in [-0.2, -0.15) is 10.1 Å². The Bertz CT molecular complexity index is 1370. The van der Waals surface area contributed by atoms with Crippen molar-refractivity contribution in [2.45, 2.75) is 65.0 Å². The second kappa shape index (κ2) is 12.5. The van der Waals surface area contributed by atoms with Crippen LogP contribution in [0.25, 0.3) is 10.9 Å². The van der Waals surface area contributed by atoms with Crippen molar-refractivity contribution in [3.63, 3.8) is 0 Å². The smallest absolute Gasteiger partial charge is 0.410 e. The van der Waals surface area contributed by atoms with Gasteiger partial charge in [-0.15, -0.1) is 0 Å². The maximum absolute atomic E-state index is 12.7. The van der Waals surface area contributed by atoms with Crippen LogP contribution >= 0.6 is 0 Å². The summed E-state index contributed by atoms with van der Waals surface area (Å²) in [6.45, 7) is 9.15. The molecule has 0 spiro atoms. The number of anilines is 3. The normalized spacial score (nSPS) is 15.0. The summed E-state index contributed by atoms with van der Waals surface area (Å²) in [6.07, 6.45) is 5.73. The van der Waals surface area contributed by atoms with Crippen LogP contribution in [-0.4, -0.2) is 68.3 Å². The van der Waals surface area contributed by atoms with Crippen LogP contribution in [0.15, 0.2) is 30.6 Å². The van der Waals surface area contributed by atoms with E-state index in [-0.39, 0.29) is 5.91 Å². The molecule has 0 aliphatic carbocycles. The SMILES string of the molecule is CCNc1nc(Nc2ccc3cn[nH]c3c2)ncc1C#CCCCNC(=O)[C@@H]1CCCN1C(=O)OC(C)(C)C. The lowest BCUT2D eigenvalue weighted by atomic mass is 10.2. The van der Waals surface area contributed by atoms with Gasteiger partial charge in [0.1, 0.15) is 17.5 Å². The number of nitrogens with one attached hydrogen (secondary N) is 4. The number of likely N-dealkylation sites (tertiary alicyclic amines) is 1. The van der Waals surface area contributed by atoms with Crippen LogP contribution in [0.4, 0.5) is 22.2 Å². The molecule has 3 aromatic rings. The lowest BCUT2D eigenvalue weighted by Crippen LogP contribution is -2.47. The van der Waals surface area contributed by atoms with E-state index in [0.717, 1.165) is 23.0 Å². The number of nitrogens with zero attached hydrogens (tertiary/aromatic N) is 4. The summed E-state index contributed by atoms with van der Waals surface area (Å²) in [5, 5.41) is 17.4. The molecule has 11 heteroatoms. The van der Waals surface area contributed by atoms with Gasteiger partial charge < -0.3 is 20.7 Å². The molecule has 3 heterocycles. The minimum absolute atomic E-state index is 0.149. The summed E-state index contributed by atoms with van der Waals surface area (Å²) in [4.78, 5) is 35.6. The van der Waals surface area contributed by atoms with E-state index >= 15 is 0 Å². The van der Waals surface area contributed by atoms with E-state index in [1.54, 1.807) is 12.4 Å². The predicted molar refractivity (Wildman–Crippen MR) is 151 cm³/mol. The van der Waals surface area contributed by atoms with Gasteiger partial charge in [-0.1, -0.05) is 11.8 Å². The average Bonchev–Trinajstić information content (AvgIpc) is 3.56. The van der Waals surface area contributed by atoms with Gasteiger partial charge in [0, 0.05) is 37.1 Å². The van der Waals surface area contributed by atoms with Gasteiger partial charge in [0.25, 0.3) is 0 Å². The van der Waals surface area contributed by atoms with Gasteiger partial charge in [0.2, 0.25) is 11.9 Å². The van der Waals surface area contributed by atoms with Crippen LogP contribution in [0.1, 0.15) is 58.9 Å². The number of rotatable bonds is 8. The summed E-state index contributed by atoms with van der Waals surface area (Å²) >= 11 is 0. The number of hydrogen-bond acceptors (Lipinski definition) is 8. The molecule has 1 atom stereocenters. The first-order valence-corrected chi connectivity index (χ1v) is 13.3. The molecule has 4 rings (SSSR count). The number of ether oxygens (including phenoxy) is 1. The first-order valence-electron chi connectivity index (χ1n) is 13.3. The van der Waals surface area contributed by atoms with Crippen molar-refractivity contribution >= 4 is 40.4 Å². The second-order valence-corrected chi connectivity index (χ2v) is 10.3. The number of aromatic nitrogens is 4. The van der Waals surface area contributed by atoms with Crippen molar-refractivity contribution in [1.82, 2.24) is 30.4 Å². The third kappa shape index (κ3) is 7.60. The number of aromatic amines is 1. The summed E-state index contributed by atoms with van der Waals surface area (Å²) in [7, 11) is 0. The molecular formula is C28H36N8O3. The molecule has 0 bridgehead atoms. The maximum Gasteiger partial charge on any atom is 0.410 e. The molecule has 1 aliphatic heterocycles. The molecule has 1 saturated heterocycles. The fraction of sp³-hybridized carbons (Fsp3) is 0.464. The standard InChI is InChI=1S/C28H36N8O3/c1-5-29-24-20(17-31-26(34-24)33-21-13-12-19-18-32-35-22(19)16-21)10-7-6-8-14-30-25(37)23-11-9-15-36(23)27(38)39-28(2,3)4/h12-13,16-18,23H,5-6,8-9,11,14-15H2,1-4H3,(H,30,37)(H,32,35)(H2,29,31,33,34)/t23-/m0/s1. The Balaban J connectivity index is 1.27. The zero-order valence-electron chi connectivity index (χ0n) is 22.9. The highest BCUT2D eigenvalue weighted by Crippen LogP contribution is 2.22. The van der Waals surface area contributed by atoms with Crippen molar-refractivity contribution < 1.29 is 14.3 Å². The number of fused-ring (bicyclic) bond motifs is 1. The van der Waals surface area contributed by atoms with Gasteiger partial charge >= 0.3 is 6.09 Å². The zero-order valence-corrected chi connectivity index (χ0v) is 22.9. The number of H-pyrrole nitrogens is 1. The molecule has 4 N–H and O–H groups in total. The second-order valence-electron chi connectivity index (χ2n) is 10.3. The third-order valence-electron chi connectivity index (χ3n) is 6.02. The largest absolute Gasteiger partial charge is 0.444 e. The quantitative estimate of drug-likeness (QED) is 0.251. The van der Waals surface area contributed by atoms with Crippen LogP contribution < -0.4 is 16.0 Å². The minimum Gasteiger partial charge on any atom is -0.444 e. The molecule has 0 unspecified atom stereocenters. The molecular weight excluding hydrogens is 496 g/mol. The van der Waals surface area contributed by atoms with E-state index in [9.17, 15) is 9.59 Å².